The summed E-state index contributed by atoms with van der Waals surface area (Å²) >= 11 is 0. The molecule has 0 bridgehead atoms. The van der Waals surface area contributed by atoms with Crippen LogP contribution in [0.4, 0.5) is 0 Å². The average molecular weight is 453 g/mol. The average Bonchev–Trinajstić information content (AvgIpc) is 3.32. The molecule has 3 N–H and O–H groups in total. The van der Waals surface area contributed by atoms with Gasteiger partial charge in [0, 0.05) is 18.2 Å². The molecule has 30 heavy (non-hydrogen) atoms. The van der Waals surface area contributed by atoms with Gasteiger partial charge in [0.25, 0.3) is 5.91 Å². The quantitative estimate of drug-likeness (QED) is 0.635. The molecule has 4 rings (SSSR count). The molecule has 0 radical (unpaired) electrons. The molecule has 1 saturated heterocycles. The fraction of sp³-hybridized carbons (Fsp3) is 0.474. The van der Waals surface area contributed by atoms with Crippen LogP contribution < -0.4 is 10.5 Å². The van der Waals surface area contributed by atoms with Crippen LogP contribution in [-0.2, 0) is 26.3 Å². The van der Waals surface area contributed by atoms with Gasteiger partial charge in [-0.1, -0.05) is 12.1 Å². The molecule has 1 saturated carbocycles. The van der Waals surface area contributed by atoms with Crippen molar-refractivity contribution >= 4 is 25.8 Å². The molecule has 162 valence electrons. The fourth-order valence-electron chi connectivity index (χ4n) is 3.72. The second kappa shape index (κ2) is 7.78. The number of carbonyl (C=O) groups excluding carboxylic acids is 1. The number of amides is 1. The maximum Gasteiger partial charge on any atom is 0.271 e. The van der Waals surface area contributed by atoms with Crippen LogP contribution in [-0.4, -0.2) is 50.6 Å². The van der Waals surface area contributed by atoms with Gasteiger partial charge in [-0.2, -0.15) is 5.10 Å². The molecule has 1 aromatic carbocycles. The molecule has 0 spiro atoms. The number of sulfone groups is 1. The number of aromatic nitrogens is 2. The summed E-state index contributed by atoms with van der Waals surface area (Å²) in [5.41, 5.74) is 2.11. The first-order valence-electron chi connectivity index (χ1n) is 9.82. The molecular weight excluding hydrogens is 428 g/mol. The minimum Gasteiger partial charge on any atom is -0.350 e. The Morgan fingerprint density at radius 2 is 1.90 bits per heavy atom. The van der Waals surface area contributed by atoms with E-state index in [2.05, 4.69) is 10.4 Å². The second-order valence-corrected chi connectivity index (χ2v) is 11.7. The van der Waals surface area contributed by atoms with E-state index in [0.717, 1.165) is 24.1 Å². The highest BCUT2D eigenvalue weighted by molar-refractivity contribution is 7.91. The third kappa shape index (κ3) is 4.73. The van der Waals surface area contributed by atoms with Gasteiger partial charge in [-0.05, 0) is 49.4 Å². The van der Waals surface area contributed by atoms with Crippen LogP contribution in [0.5, 0.6) is 0 Å². The number of nitrogens with zero attached hydrogens (tertiary/aromatic N) is 2. The fourth-order valence-corrected chi connectivity index (χ4v) is 5.93. The van der Waals surface area contributed by atoms with Crippen LogP contribution in [0.25, 0.3) is 0 Å². The van der Waals surface area contributed by atoms with Gasteiger partial charge < -0.3 is 5.32 Å². The van der Waals surface area contributed by atoms with Crippen molar-refractivity contribution in [1.29, 1.82) is 0 Å². The van der Waals surface area contributed by atoms with Crippen LogP contribution in [0.1, 0.15) is 53.0 Å². The zero-order chi connectivity index (χ0) is 21.5. The Morgan fingerprint density at radius 3 is 2.47 bits per heavy atom. The maximum absolute atomic E-state index is 12.6. The Balaban J connectivity index is 1.40. The molecule has 2 aliphatic rings. The molecule has 1 atom stereocenters. The summed E-state index contributed by atoms with van der Waals surface area (Å²) in [6, 6.07) is 7.76. The lowest BCUT2D eigenvalue weighted by Crippen LogP contribution is -2.26. The first kappa shape index (κ1) is 21.0. The molecule has 1 amide bonds. The summed E-state index contributed by atoms with van der Waals surface area (Å²) in [7, 11) is -6.77. The van der Waals surface area contributed by atoms with E-state index < -0.39 is 19.9 Å². The lowest BCUT2D eigenvalue weighted by atomic mass is 10.1. The number of rotatable bonds is 7. The van der Waals surface area contributed by atoms with Crippen LogP contribution in [0.15, 0.2) is 35.2 Å². The van der Waals surface area contributed by atoms with E-state index >= 15 is 0 Å². The normalized spacial score (nSPS) is 20.9. The number of carbonyl (C=O) groups is 1. The van der Waals surface area contributed by atoms with Crippen molar-refractivity contribution in [3.63, 3.8) is 0 Å². The van der Waals surface area contributed by atoms with Crippen molar-refractivity contribution in [2.24, 2.45) is 5.14 Å². The largest absolute Gasteiger partial charge is 0.350 e. The van der Waals surface area contributed by atoms with Crippen molar-refractivity contribution in [1.82, 2.24) is 15.1 Å². The molecule has 11 heteroatoms. The number of nitrogens with one attached hydrogen (secondary N) is 1. The SMILES string of the molecule is NS(=O)(=O)c1ccc(CCNC(=O)c2cc(C3CC3)n(C3CCS(=O)(=O)C3)n2)cc1. The highest BCUT2D eigenvalue weighted by Gasteiger charge is 2.36. The Hall–Kier alpha value is -2.24. The number of primary sulfonamides is 1. The first-order chi connectivity index (χ1) is 14.1. The molecule has 1 aliphatic heterocycles. The molecule has 2 heterocycles. The standard InChI is InChI=1S/C19H24N4O5S2/c20-30(27,28)16-5-1-13(2-6-16)7-9-21-19(24)17-11-18(14-3-4-14)23(22-17)15-8-10-29(25,26)12-15/h1-2,5-6,11,14-15H,3-4,7-10,12H2,(H,21,24)(H2,20,27,28). The zero-order valence-corrected chi connectivity index (χ0v) is 18.0. The predicted molar refractivity (Wildman–Crippen MR) is 110 cm³/mol. The van der Waals surface area contributed by atoms with Gasteiger partial charge in [0.1, 0.15) is 5.69 Å². The van der Waals surface area contributed by atoms with E-state index in [4.69, 9.17) is 5.14 Å². The number of hydrogen-bond acceptors (Lipinski definition) is 6. The van der Waals surface area contributed by atoms with E-state index in [1.807, 2.05) is 0 Å². The molecule has 2 aromatic rings. The van der Waals surface area contributed by atoms with Crippen LogP contribution in [0, 0.1) is 0 Å². The van der Waals surface area contributed by atoms with E-state index in [1.165, 1.54) is 12.1 Å². The second-order valence-electron chi connectivity index (χ2n) is 7.93. The molecule has 2 fully saturated rings. The monoisotopic (exact) mass is 452 g/mol. The van der Waals surface area contributed by atoms with Crippen LogP contribution >= 0.6 is 0 Å². The summed E-state index contributed by atoms with van der Waals surface area (Å²) < 4.78 is 48.0. The van der Waals surface area contributed by atoms with Gasteiger partial charge in [-0.15, -0.1) is 0 Å². The van der Waals surface area contributed by atoms with Crippen molar-refractivity contribution in [3.05, 3.63) is 47.3 Å². The molecule has 1 aromatic heterocycles. The summed E-state index contributed by atoms with van der Waals surface area (Å²) in [5, 5.41) is 12.3. The molecule has 1 unspecified atom stereocenters. The Kier molecular flexibility index (Phi) is 5.45. The number of sulfonamides is 1. The van der Waals surface area contributed by atoms with E-state index in [1.54, 1.807) is 22.9 Å². The summed E-state index contributed by atoms with van der Waals surface area (Å²) in [5.74, 6) is 0.273. The summed E-state index contributed by atoms with van der Waals surface area (Å²) in [6.45, 7) is 0.358. The van der Waals surface area contributed by atoms with Gasteiger partial charge in [-0.3, -0.25) is 9.48 Å². The lowest BCUT2D eigenvalue weighted by Gasteiger charge is -2.12. The molecular formula is C19H24N4O5S2. The Bertz CT molecular complexity index is 1170. The van der Waals surface area contributed by atoms with Crippen LogP contribution in [0.3, 0.4) is 0 Å². The van der Waals surface area contributed by atoms with E-state index in [9.17, 15) is 21.6 Å². The molecule has 9 nitrogen and oxygen atoms in total. The van der Waals surface area contributed by atoms with E-state index in [0.29, 0.717) is 31.0 Å². The van der Waals surface area contributed by atoms with Crippen molar-refractivity contribution in [2.75, 3.05) is 18.1 Å². The highest BCUT2D eigenvalue weighted by Crippen LogP contribution is 2.42. The summed E-state index contributed by atoms with van der Waals surface area (Å²) in [4.78, 5) is 12.6. The highest BCUT2D eigenvalue weighted by atomic mass is 32.2. The third-order valence-electron chi connectivity index (χ3n) is 5.50. The van der Waals surface area contributed by atoms with Gasteiger partial charge in [0.05, 0.1) is 22.4 Å². The van der Waals surface area contributed by atoms with Crippen molar-refractivity contribution in [3.8, 4) is 0 Å². The van der Waals surface area contributed by atoms with Gasteiger partial charge in [-0.25, -0.2) is 22.0 Å². The minimum atomic E-state index is -3.73. The smallest absolute Gasteiger partial charge is 0.271 e. The van der Waals surface area contributed by atoms with Gasteiger partial charge in [0.15, 0.2) is 9.84 Å². The number of benzene rings is 1. The maximum atomic E-state index is 12.6. The number of nitrogens with two attached hydrogens (primary N) is 1. The lowest BCUT2D eigenvalue weighted by molar-refractivity contribution is 0.0948. The number of hydrogen-bond donors (Lipinski definition) is 2. The first-order valence-corrected chi connectivity index (χ1v) is 13.2. The van der Waals surface area contributed by atoms with Gasteiger partial charge in [0.2, 0.25) is 10.0 Å². The predicted octanol–water partition coefficient (Wildman–Crippen LogP) is 0.740. The minimum absolute atomic E-state index is 0.0438. The zero-order valence-electron chi connectivity index (χ0n) is 16.3. The van der Waals surface area contributed by atoms with Crippen LogP contribution in [0.2, 0.25) is 0 Å². The van der Waals surface area contributed by atoms with E-state index in [-0.39, 0.29) is 28.4 Å². The third-order valence-corrected chi connectivity index (χ3v) is 8.18. The Morgan fingerprint density at radius 1 is 1.20 bits per heavy atom. The Labute approximate surface area is 175 Å². The summed E-state index contributed by atoms with van der Waals surface area (Å²) in [6.07, 6.45) is 3.11. The van der Waals surface area contributed by atoms with Crippen molar-refractivity contribution < 1.29 is 21.6 Å². The molecule has 1 aliphatic carbocycles. The van der Waals surface area contributed by atoms with Crippen molar-refractivity contribution in [2.45, 2.75) is 42.5 Å². The topological polar surface area (TPSA) is 141 Å². The van der Waals surface area contributed by atoms with Gasteiger partial charge >= 0.3 is 0 Å².